The zero-order valence-electron chi connectivity index (χ0n) is 22.0. The minimum Gasteiger partial charge on any atom is -0.494 e. The van der Waals surface area contributed by atoms with Crippen LogP contribution < -0.4 is 9.47 Å². The maximum absolute atomic E-state index is 11.5. The van der Waals surface area contributed by atoms with Gasteiger partial charge in [0, 0.05) is 22.6 Å². The molecule has 0 unspecified atom stereocenters. The van der Waals surface area contributed by atoms with E-state index in [9.17, 15) is 9.59 Å². The van der Waals surface area contributed by atoms with Gasteiger partial charge in [-0.3, -0.25) is 4.79 Å². The van der Waals surface area contributed by atoms with Gasteiger partial charge in [0.2, 0.25) is 0 Å². The number of halogens is 1. The molecule has 0 spiro atoms. The van der Waals surface area contributed by atoms with Crippen LogP contribution in [0.2, 0.25) is 5.02 Å². The summed E-state index contributed by atoms with van der Waals surface area (Å²) in [5, 5.41) is 13.6. The summed E-state index contributed by atoms with van der Waals surface area (Å²) in [6.07, 6.45) is 5.40. The molecular formula is C31H32ClNO6. The van der Waals surface area contributed by atoms with E-state index in [1.54, 1.807) is 18.2 Å². The number of carbonyl (C=O) groups excluding carboxylic acids is 1. The molecule has 0 amide bonds. The summed E-state index contributed by atoms with van der Waals surface area (Å²) >= 11 is 5.88. The molecule has 5 rings (SSSR count). The van der Waals surface area contributed by atoms with Crippen molar-refractivity contribution in [1.29, 1.82) is 0 Å². The second kappa shape index (κ2) is 13.8. The van der Waals surface area contributed by atoms with Crippen molar-refractivity contribution in [3.63, 3.8) is 0 Å². The number of hydrogen-bond acceptors (Lipinski definition) is 6. The molecule has 0 saturated heterocycles. The second-order valence-corrected chi connectivity index (χ2v) is 9.76. The van der Waals surface area contributed by atoms with Crippen molar-refractivity contribution >= 4 is 29.1 Å². The molecule has 0 saturated carbocycles. The Kier molecular flexibility index (Phi) is 9.97. The van der Waals surface area contributed by atoms with E-state index in [0.29, 0.717) is 25.4 Å². The zero-order chi connectivity index (χ0) is 27.6. The lowest BCUT2D eigenvalue weighted by Crippen LogP contribution is -2.12. The number of nitrogens with zero attached hydrogens (tertiary/aromatic N) is 1. The number of carboxylic acids is 1. The number of aliphatic carboxylic acids is 1. The number of Topliss-reactive ketones (excluding diaryl/α,β-unsaturated/α-hetero) is 1. The van der Waals surface area contributed by atoms with E-state index in [1.807, 2.05) is 37.3 Å². The third-order valence-corrected chi connectivity index (χ3v) is 6.72. The lowest BCUT2D eigenvalue weighted by molar-refractivity contribution is -0.139. The van der Waals surface area contributed by atoms with E-state index in [1.165, 1.54) is 11.1 Å². The third-order valence-electron chi connectivity index (χ3n) is 6.47. The fourth-order valence-electron chi connectivity index (χ4n) is 4.61. The molecule has 3 aromatic carbocycles. The molecule has 2 aliphatic rings. The fourth-order valence-corrected chi connectivity index (χ4v) is 4.74. The summed E-state index contributed by atoms with van der Waals surface area (Å²) in [6.45, 7) is 2.78. The first-order valence-corrected chi connectivity index (χ1v) is 13.5. The lowest BCUT2D eigenvalue weighted by atomic mass is 9.90. The van der Waals surface area contributed by atoms with Gasteiger partial charge in [0.05, 0.1) is 12.3 Å². The number of aryl methyl sites for hydroxylation is 2. The van der Waals surface area contributed by atoms with Gasteiger partial charge in [-0.15, -0.1) is 0 Å². The summed E-state index contributed by atoms with van der Waals surface area (Å²) in [5.41, 5.74) is 6.24. The molecule has 39 heavy (non-hydrogen) atoms. The maximum Gasteiger partial charge on any atom is 0.341 e. The predicted molar refractivity (Wildman–Crippen MR) is 150 cm³/mol. The second-order valence-electron chi connectivity index (χ2n) is 9.32. The molecule has 2 aliphatic carbocycles. The molecule has 0 bridgehead atoms. The summed E-state index contributed by atoms with van der Waals surface area (Å²) in [4.78, 5) is 27.4. The Morgan fingerprint density at radius 2 is 1.51 bits per heavy atom. The van der Waals surface area contributed by atoms with Crippen molar-refractivity contribution in [1.82, 2.24) is 0 Å². The Hall–Kier alpha value is -3.84. The van der Waals surface area contributed by atoms with Crippen LogP contribution in [0.5, 0.6) is 11.5 Å². The van der Waals surface area contributed by atoms with Crippen molar-refractivity contribution in [2.75, 3.05) is 13.2 Å². The van der Waals surface area contributed by atoms with Gasteiger partial charge in [-0.2, -0.15) is 0 Å². The number of oxime groups is 1. The Morgan fingerprint density at radius 3 is 2.21 bits per heavy atom. The van der Waals surface area contributed by atoms with Crippen LogP contribution in [0.15, 0.2) is 65.8 Å². The van der Waals surface area contributed by atoms with Gasteiger partial charge in [-0.25, -0.2) is 4.79 Å². The topological polar surface area (TPSA) is 94.4 Å². The Labute approximate surface area is 233 Å². The highest BCUT2D eigenvalue weighted by Crippen LogP contribution is 2.27. The van der Waals surface area contributed by atoms with E-state index in [-0.39, 0.29) is 12.4 Å². The molecule has 1 N–H and O–H groups in total. The monoisotopic (exact) mass is 549 g/mol. The zero-order valence-corrected chi connectivity index (χ0v) is 22.7. The first kappa shape index (κ1) is 28.2. The summed E-state index contributed by atoms with van der Waals surface area (Å²) in [6, 6.07) is 18.9. The van der Waals surface area contributed by atoms with Crippen LogP contribution >= 0.6 is 11.6 Å². The van der Waals surface area contributed by atoms with E-state index in [4.69, 9.17) is 31.0 Å². The largest absolute Gasteiger partial charge is 0.494 e. The minimum atomic E-state index is -1.01. The van der Waals surface area contributed by atoms with Crippen molar-refractivity contribution in [2.45, 2.75) is 52.1 Å². The van der Waals surface area contributed by atoms with Crippen LogP contribution in [-0.2, 0) is 29.1 Å². The third kappa shape index (κ3) is 8.07. The molecule has 8 heteroatoms. The van der Waals surface area contributed by atoms with Gasteiger partial charge >= 0.3 is 5.97 Å². The summed E-state index contributed by atoms with van der Waals surface area (Å²) in [7, 11) is 0. The molecule has 0 fully saturated rings. The van der Waals surface area contributed by atoms with E-state index >= 15 is 0 Å². The first-order valence-electron chi connectivity index (χ1n) is 13.1. The highest BCUT2D eigenvalue weighted by molar-refractivity contribution is 6.30. The molecule has 204 valence electrons. The average Bonchev–Trinajstić information content (AvgIpc) is 2.93. The summed E-state index contributed by atoms with van der Waals surface area (Å²) in [5.74, 6) is 0.588. The minimum absolute atomic E-state index is 0.158. The number of rotatable bonds is 8. The predicted octanol–water partition coefficient (Wildman–Crippen LogP) is 6.66. The number of fused-ring (bicyclic) bond motifs is 2. The molecule has 0 aliphatic heterocycles. The highest BCUT2D eigenvalue weighted by Gasteiger charge is 2.18. The van der Waals surface area contributed by atoms with Gasteiger partial charge in [0.25, 0.3) is 0 Å². The summed E-state index contributed by atoms with van der Waals surface area (Å²) < 4.78 is 10.6. The Morgan fingerprint density at radius 1 is 0.872 bits per heavy atom. The molecule has 3 aromatic rings. The van der Waals surface area contributed by atoms with E-state index < -0.39 is 5.97 Å². The van der Waals surface area contributed by atoms with Gasteiger partial charge in [-0.05, 0) is 104 Å². The van der Waals surface area contributed by atoms with Crippen molar-refractivity contribution in [2.24, 2.45) is 5.16 Å². The van der Waals surface area contributed by atoms with Crippen LogP contribution in [0, 0.1) is 0 Å². The van der Waals surface area contributed by atoms with Crippen molar-refractivity contribution in [3.8, 4) is 11.5 Å². The van der Waals surface area contributed by atoms with Crippen LogP contribution in [-0.4, -0.2) is 35.8 Å². The van der Waals surface area contributed by atoms with Crippen LogP contribution in [0.3, 0.4) is 0 Å². The van der Waals surface area contributed by atoms with Crippen molar-refractivity contribution in [3.05, 3.63) is 93.5 Å². The average molecular weight is 550 g/mol. The van der Waals surface area contributed by atoms with Gasteiger partial charge in [0.1, 0.15) is 18.1 Å². The Bertz CT molecular complexity index is 1340. The molecule has 0 aromatic heterocycles. The number of benzene rings is 3. The smallest absolute Gasteiger partial charge is 0.341 e. The number of hydrogen-bond donors (Lipinski definition) is 1. The number of carbonyl (C=O) groups is 2. The molecule has 7 nitrogen and oxygen atoms in total. The Balaban J connectivity index is 0.000000193. The van der Waals surface area contributed by atoms with E-state index in [0.717, 1.165) is 65.3 Å². The van der Waals surface area contributed by atoms with Crippen LogP contribution in [0.4, 0.5) is 0 Å². The number of carboxylic acid groups (broad SMARTS) is 1. The molecule has 0 heterocycles. The number of ketones is 1. The molecule has 0 radical (unpaired) electrons. The van der Waals surface area contributed by atoms with Gasteiger partial charge < -0.3 is 19.4 Å². The normalized spacial score (nSPS) is 14.9. The lowest BCUT2D eigenvalue weighted by Gasteiger charge is -2.18. The maximum atomic E-state index is 11.5. The van der Waals surface area contributed by atoms with Crippen molar-refractivity contribution < 1.29 is 29.0 Å². The van der Waals surface area contributed by atoms with Crippen LogP contribution in [0.1, 0.15) is 65.2 Å². The van der Waals surface area contributed by atoms with Gasteiger partial charge in [-0.1, -0.05) is 28.9 Å². The standard InChI is InChI=1S/C19H20ClNO2.C12H12O4/c1-2-22-17-10-11-18-15(12-17)4-3-5-19(18)21-23-13-14-6-8-16(20)9-7-14;13-11-3-1-2-8-6-9(4-5-10(8)11)16-7-12(14)15/h6-12H,2-5,13H2,1H3;4-6H,1-3,7H2,(H,14,15)/b21-19+;. The molecule has 0 atom stereocenters. The SMILES string of the molecule is CCOc1ccc2c(c1)CCC/C2=N\OCc1ccc(Cl)cc1.O=C(O)COc1ccc2c(c1)CCCC2=O. The molecular weight excluding hydrogens is 518 g/mol. The first-order chi connectivity index (χ1) is 18.9. The highest BCUT2D eigenvalue weighted by atomic mass is 35.5. The number of ether oxygens (including phenoxy) is 2. The fraction of sp³-hybridized carbons (Fsp3) is 0.323. The van der Waals surface area contributed by atoms with Crippen LogP contribution in [0.25, 0.3) is 0 Å². The van der Waals surface area contributed by atoms with E-state index in [2.05, 4.69) is 17.3 Å². The quantitative estimate of drug-likeness (QED) is 0.315. The van der Waals surface area contributed by atoms with Gasteiger partial charge in [0.15, 0.2) is 12.4 Å².